The zero-order valence-electron chi connectivity index (χ0n) is 19.4. The molecule has 0 amide bonds. The lowest BCUT2D eigenvalue weighted by Gasteiger charge is -2.54. The van der Waals surface area contributed by atoms with E-state index in [4.69, 9.17) is 9.47 Å². The van der Waals surface area contributed by atoms with Crippen LogP contribution in [0.25, 0.3) is 0 Å². The molecule has 0 radical (unpaired) electrons. The average Bonchev–Trinajstić information content (AvgIpc) is 2.68. The maximum Gasteiger partial charge on any atom is 0.229 e. The van der Waals surface area contributed by atoms with Gasteiger partial charge >= 0.3 is 0 Å². The topological polar surface area (TPSA) is 99.4 Å². The van der Waals surface area contributed by atoms with Crippen molar-refractivity contribution in [1.29, 1.82) is 0 Å². The van der Waals surface area contributed by atoms with Gasteiger partial charge in [0, 0.05) is 11.1 Å². The predicted molar refractivity (Wildman–Crippen MR) is 117 cm³/mol. The lowest BCUT2D eigenvalue weighted by molar-refractivity contribution is -0.242. The molecule has 4 N–H and O–H groups in total. The summed E-state index contributed by atoms with van der Waals surface area (Å²) in [6, 6.07) is 2.15. The number of aliphatic hydroxyl groups is 3. The Morgan fingerprint density at radius 2 is 1.81 bits per heavy atom. The average molecular weight is 435 g/mol. The third-order valence-corrected chi connectivity index (χ3v) is 8.18. The van der Waals surface area contributed by atoms with Gasteiger partial charge in [0.15, 0.2) is 11.5 Å². The smallest absolute Gasteiger partial charge is 0.229 e. The maximum absolute atomic E-state index is 11.6. The fraction of sp³-hybridized carbons (Fsp3) is 0.760. The van der Waals surface area contributed by atoms with E-state index < -0.39 is 24.6 Å². The highest BCUT2D eigenvalue weighted by atomic mass is 16.7. The normalized spacial score (nSPS) is 37.3. The summed E-state index contributed by atoms with van der Waals surface area (Å²) in [5, 5.41) is 41.8. The standard InChI is InChI=1S/C25H38O6/c1-13(2)15-11-14-7-8-17-24(3,4)9-6-10-25(17,5)18(14)20(28)22(15)31-23-21(29)19(27)16(26)12-30-23/h11,13,16-17,19,21,23,26-29H,6-10,12H2,1-5H3/t16-,17+,19+,21-,23+,25+/m1/s1. The highest BCUT2D eigenvalue weighted by Crippen LogP contribution is 2.60. The molecule has 1 heterocycles. The Bertz CT molecular complexity index is 834. The molecule has 31 heavy (non-hydrogen) atoms. The van der Waals surface area contributed by atoms with Crippen molar-refractivity contribution in [3.63, 3.8) is 0 Å². The van der Waals surface area contributed by atoms with Crippen LogP contribution in [0.15, 0.2) is 6.07 Å². The summed E-state index contributed by atoms with van der Waals surface area (Å²) < 4.78 is 11.5. The van der Waals surface area contributed by atoms with Crippen molar-refractivity contribution in [2.45, 2.75) is 103 Å². The van der Waals surface area contributed by atoms with E-state index in [-0.39, 0.29) is 29.1 Å². The molecule has 2 fully saturated rings. The van der Waals surface area contributed by atoms with Crippen LogP contribution in [0.2, 0.25) is 0 Å². The lowest BCUT2D eigenvalue weighted by Crippen LogP contribution is -2.54. The van der Waals surface area contributed by atoms with Gasteiger partial charge in [0.2, 0.25) is 6.29 Å². The molecule has 1 saturated carbocycles. The SMILES string of the molecule is CC(C)c1cc2c(c(O)c1O[C@@H]1OC[C@@H](O)[C@H](O)[C@H]1O)[C@@]1(C)CCCC(C)(C)[C@@H]1CC2. The van der Waals surface area contributed by atoms with Crippen LogP contribution in [0.3, 0.4) is 0 Å². The van der Waals surface area contributed by atoms with E-state index in [1.165, 1.54) is 12.0 Å². The van der Waals surface area contributed by atoms with Crippen LogP contribution >= 0.6 is 0 Å². The third kappa shape index (κ3) is 3.65. The number of aryl methyl sites for hydroxylation is 1. The first-order valence-electron chi connectivity index (χ1n) is 11.7. The number of rotatable bonds is 3. The third-order valence-electron chi connectivity index (χ3n) is 8.18. The Kier molecular flexibility index (Phi) is 5.83. The maximum atomic E-state index is 11.6. The fourth-order valence-corrected chi connectivity index (χ4v) is 6.54. The summed E-state index contributed by atoms with van der Waals surface area (Å²) >= 11 is 0. The summed E-state index contributed by atoms with van der Waals surface area (Å²) in [6.45, 7) is 10.9. The van der Waals surface area contributed by atoms with Gasteiger partial charge in [-0.2, -0.15) is 0 Å². The van der Waals surface area contributed by atoms with E-state index in [1.807, 2.05) is 13.8 Å². The predicted octanol–water partition coefficient (Wildman–Crippen LogP) is 3.36. The highest BCUT2D eigenvalue weighted by Gasteiger charge is 2.51. The van der Waals surface area contributed by atoms with Gasteiger partial charge in [-0.25, -0.2) is 0 Å². The van der Waals surface area contributed by atoms with E-state index >= 15 is 0 Å². The first-order chi connectivity index (χ1) is 14.5. The molecule has 1 aromatic rings. The summed E-state index contributed by atoms with van der Waals surface area (Å²) in [6.07, 6.45) is 0.292. The number of aromatic hydroxyl groups is 1. The molecule has 0 spiro atoms. The number of hydrogen-bond acceptors (Lipinski definition) is 6. The second-order valence-electron chi connectivity index (χ2n) is 11.1. The van der Waals surface area contributed by atoms with E-state index in [0.29, 0.717) is 11.7 Å². The Morgan fingerprint density at radius 3 is 2.48 bits per heavy atom. The molecule has 1 aliphatic heterocycles. The Hall–Kier alpha value is -1.34. The van der Waals surface area contributed by atoms with Crippen molar-refractivity contribution in [3.8, 4) is 11.5 Å². The molecular formula is C25H38O6. The van der Waals surface area contributed by atoms with Gasteiger partial charge in [-0.05, 0) is 53.9 Å². The van der Waals surface area contributed by atoms with Gasteiger partial charge in [-0.3, -0.25) is 0 Å². The molecule has 1 saturated heterocycles. The van der Waals surface area contributed by atoms with Crippen molar-refractivity contribution in [1.82, 2.24) is 0 Å². The fourth-order valence-electron chi connectivity index (χ4n) is 6.54. The second-order valence-corrected chi connectivity index (χ2v) is 11.1. The monoisotopic (exact) mass is 434 g/mol. The summed E-state index contributed by atoms with van der Waals surface area (Å²) in [4.78, 5) is 0. The number of hydrogen-bond donors (Lipinski definition) is 4. The van der Waals surface area contributed by atoms with E-state index in [2.05, 4.69) is 26.8 Å². The van der Waals surface area contributed by atoms with Crippen molar-refractivity contribution >= 4 is 0 Å². The Labute approximate surface area is 185 Å². The van der Waals surface area contributed by atoms with Gasteiger partial charge in [-0.15, -0.1) is 0 Å². The molecule has 4 rings (SSSR count). The lowest BCUT2D eigenvalue weighted by atomic mass is 9.50. The first kappa shape index (κ1) is 22.8. The number of phenolic OH excluding ortho intramolecular Hbond substituents is 1. The Morgan fingerprint density at radius 1 is 1.10 bits per heavy atom. The number of benzene rings is 1. The quantitative estimate of drug-likeness (QED) is 0.582. The molecule has 2 aliphatic carbocycles. The molecular weight excluding hydrogens is 396 g/mol. The summed E-state index contributed by atoms with van der Waals surface area (Å²) in [5.74, 6) is 1.03. The van der Waals surface area contributed by atoms with Crippen molar-refractivity contribution in [2.75, 3.05) is 6.61 Å². The van der Waals surface area contributed by atoms with Crippen LogP contribution in [0.5, 0.6) is 11.5 Å². The zero-order valence-corrected chi connectivity index (χ0v) is 19.4. The highest BCUT2D eigenvalue weighted by molar-refractivity contribution is 5.60. The number of aliphatic hydroxyl groups excluding tert-OH is 3. The van der Waals surface area contributed by atoms with E-state index in [0.717, 1.165) is 36.8 Å². The van der Waals surface area contributed by atoms with Crippen molar-refractivity contribution in [3.05, 3.63) is 22.8 Å². The van der Waals surface area contributed by atoms with Crippen LogP contribution < -0.4 is 4.74 Å². The molecule has 0 bridgehead atoms. The van der Waals surface area contributed by atoms with Crippen LogP contribution in [-0.4, -0.2) is 51.6 Å². The van der Waals surface area contributed by atoms with Gasteiger partial charge in [0.1, 0.15) is 18.3 Å². The molecule has 1 aromatic carbocycles. The number of ether oxygens (including phenoxy) is 2. The molecule has 0 aromatic heterocycles. The molecule has 3 aliphatic rings. The summed E-state index contributed by atoms with van der Waals surface area (Å²) in [5.41, 5.74) is 3.09. The van der Waals surface area contributed by atoms with E-state index in [1.54, 1.807) is 0 Å². The van der Waals surface area contributed by atoms with Gasteiger partial charge in [0.05, 0.1) is 6.61 Å². The summed E-state index contributed by atoms with van der Waals surface area (Å²) in [7, 11) is 0. The van der Waals surface area contributed by atoms with Crippen LogP contribution in [0.4, 0.5) is 0 Å². The van der Waals surface area contributed by atoms with Crippen molar-refractivity contribution < 1.29 is 29.9 Å². The zero-order chi connectivity index (χ0) is 22.7. The number of fused-ring (bicyclic) bond motifs is 3. The van der Waals surface area contributed by atoms with Gasteiger partial charge in [-0.1, -0.05) is 47.1 Å². The number of phenols is 1. The first-order valence-corrected chi connectivity index (χ1v) is 11.7. The molecule has 6 heteroatoms. The molecule has 0 unspecified atom stereocenters. The minimum atomic E-state index is -1.41. The van der Waals surface area contributed by atoms with Crippen LogP contribution in [0, 0.1) is 11.3 Å². The largest absolute Gasteiger partial charge is 0.504 e. The second kappa shape index (κ2) is 7.91. The molecule has 174 valence electrons. The van der Waals surface area contributed by atoms with Crippen LogP contribution in [0.1, 0.15) is 82.9 Å². The van der Waals surface area contributed by atoms with Crippen molar-refractivity contribution in [2.24, 2.45) is 11.3 Å². The minimum absolute atomic E-state index is 0.0933. The van der Waals surface area contributed by atoms with E-state index in [9.17, 15) is 20.4 Å². The van der Waals surface area contributed by atoms with Gasteiger partial charge in [0.25, 0.3) is 0 Å². The molecule has 6 nitrogen and oxygen atoms in total. The van der Waals surface area contributed by atoms with Gasteiger partial charge < -0.3 is 29.9 Å². The molecule has 6 atom stereocenters. The van der Waals surface area contributed by atoms with Crippen LogP contribution in [-0.2, 0) is 16.6 Å². The minimum Gasteiger partial charge on any atom is -0.504 e. The Balaban J connectivity index is 1.79.